The van der Waals surface area contributed by atoms with Crippen molar-refractivity contribution in [3.63, 3.8) is 0 Å². The van der Waals surface area contributed by atoms with Gasteiger partial charge in [-0.05, 0) is 61.6 Å². The van der Waals surface area contributed by atoms with Crippen LogP contribution in [0.25, 0.3) is 0 Å². The molecule has 1 nitrogen and oxygen atoms in total. The normalized spacial score (nSPS) is 32.5. The van der Waals surface area contributed by atoms with E-state index in [1.165, 1.54) is 16.7 Å². The van der Waals surface area contributed by atoms with Crippen LogP contribution < -0.4 is 0 Å². The maximum Gasteiger partial charge on any atom is 0.0690 e. The summed E-state index contributed by atoms with van der Waals surface area (Å²) in [6, 6.07) is 6.41. The maximum atomic E-state index is 10.9. The molecule has 0 saturated heterocycles. The Hall–Kier alpha value is -0.820. The molecule has 3 atom stereocenters. The SMILES string of the molecule is Cc1cccc(C)c1CC1(O)CCC(C)C(C)C1. The second-order valence-corrected chi connectivity index (χ2v) is 6.47. The molecule has 0 aromatic heterocycles. The highest BCUT2D eigenvalue weighted by Crippen LogP contribution is 2.38. The van der Waals surface area contributed by atoms with E-state index >= 15 is 0 Å². The van der Waals surface area contributed by atoms with Gasteiger partial charge in [-0.15, -0.1) is 0 Å². The first-order valence-corrected chi connectivity index (χ1v) is 7.19. The van der Waals surface area contributed by atoms with Crippen molar-refractivity contribution in [2.45, 2.75) is 59.0 Å². The van der Waals surface area contributed by atoms with Gasteiger partial charge < -0.3 is 5.11 Å². The average molecular weight is 246 g/mol. The maximum absolute atomic E-state index is 10.9. The zero-order valence-electron chi connectivity index (χ0n) is 12.2. The zero-order valence-corrected chi connectivity index (χ0v) is 12.2. The molecular weight excluding hydrogens is 220 g/mol. The minimum absolute atomic E-state index is 0.483. The minimum atomic E-state index is -0.483. The highest BCUT2D eigenvalue weighted by atomic mass is 16.3. The van der Waals surface area contributed by atoms with Crippen molar-refractivity contribution in [2.24, 2.45) is 11.8 Å². The summed E-state index contributed by atoms with van der Waals surface area (Å²) in [5.74, 6) is 1.39. The fraction of sp³-hybridized carbons (Fsp3) is 0.647. The molecular formula is C17H26O. The van der Waals surface area contributed by atoms with Gasteiger partial charge in [0.2, 0.25) is 0 Å². The molecule has 1 saturated carbocycles. The summed E-state index contributed by atoms with van der Waals surface area (Å²) in [6.45, 7) is 8.89. The summed E-state index contributed by atoms with van der Waals surface area (Å²) in [5.41, 5.74) is 3.49. The summed E-state index contributed by atoms with van der Waals surface area (Å²) < 4.78 is 0. The van der Waals surface area contributed by atoms with E-state index in [2.05, 4.69) is 45.9 Å². The summed E-state index contributed by atoms with van der Waals surface area (Å²) in [4.78, 5) is 0. The van der Waals surface area contributed by atoms with E-state index in [0.29, 0.717) is 5.92 Å². The number of benzene rings is 1. The van der Waals surface area contributed by atoms with Gasteiger partial charge in [-0.2, -0.15) is 0 Å². The van der Waals surface area contributed by atoms with Gasteiger partial charge in [0.05, 0.1) is 5.60 Å². The molecule has 1 aromatic rings. The highest BCUT2D eigenvalue weighted by molar-refractivity contribution is 5.34. The third kappa shape index (κ3) is 2.77. The fourth-order valence-electron chi connectivity index (χ4n) is 3.30. The lowest BCUT2D eigenvalue weighted by Crippen LogP contribution is -2.39. The number of rotatable bonds is 2. The van der Waals surface area contributed by atoms with E-state index in [0.717, 1.165) is 31.6 Å². The van der Waals surface area contributed by atoms with E-state index in [9.17, 15) is 5.11 Å². The molecule has 1 aliphatic rings. The van der Waals surface area contributed by atoms with Gasteiger partial charge in [0.25, 0.3) is 0 Å². The van der Waals surface area contributed by atoms with Crippen molar-refractivity contribution in [3.05, 3.63) is 34.9 Å². The van der Waals surface area contributed by atoms with Gasteiger partial charge >= 0.3 is 0 Å². The summed E-state index contributed by atoms with van der Waals surface area (Å²) in [7, 11) is 0. The molecule has 0 heterocycles. The van der Waals surface area contributed by atoms with E-state index in [1.54, 1.807) is 0 Å². The number of hydrogen-bond donors (Lipinski definition) is 1. The van der Waals surface area contributed by atoms with Crippen LogP contribution in [0.5, 0.6) is 0 Å². The van der Waals surface area contributed by atoms with Crippen molar-refractivity contribution in [1.29, 1.82) is 0 Å². The lowest BCUT2D eigenvalue weighted by molar-refractivity contribution is -0.0281. The Labute approximate surface area is 111 Å². The monoisotopic (exact) mass is 246 g/mol. The van der Waals surface area contributed by atoms with Crippen molar-refractivity contribution in [2.75, 3.05) is 0 Å². The van der Waals surface area contributed by atoms with Crippen LogP contribution in [0.2, 0.25) is 0 Å². The lowest BCUT2D eigenvalue weighted by Gasteiger charge is -2.39. The standard InChI is InChI=1S/C17H26O/c1-12-8-9-17(18,10-15(12)4)11-16-13(2)6-5-7-14(16)3/h5-7,12,15,18H,8-11H2,1-4H3. The molecule has 100 valence electrons. The molecule has 0 aliphatic heterocycles. The molecule has 0 radical (unpaired) electrons. The molecule has 1 fully saturated rings. The Bertz CT molecular complexity index is 403. The zero-order chi connectivity index (χ0) is 13.3. The minimum Gasteiger partial charge on any atom is -0.390 e. The molecule has 18 heavy (non-hydrogen) atoms. The van der Waals surface area contributed by atoms with Crippen molar-refractivity contribution in [3.8, 4) is 0 Å². The molecule has 1 aliphatic carbocycles. The van der Waals surface area contributed by atoms with E-state index in [4.69, 9.17) is 0 Å². The van der Waals surface area contributed by atoms with Crippen molar-refractivity contribution < 1.29 is 5.11 Å². The number of aryl methyl sites for hydroxylation is 2. The predicted molar refractivity (Wildman–Crippen MR) is 76.7 cm³/mol. The van der Waals surface area contributed by atoms with Crippen LogP contribution in [0.1, 0.15) is 49.8 Å². The molecule has 1 heteroatoms. The average Bonchev–Trinajstić information content (AvgIpc) is 2.30. The smallest absolute Gasteiger partial charge is 0.0690 e. The largest absolute Gasteiger partial charge is 0.390 e. The fourth-order valence-corrected chi connectivity index (χ4v) is 3.30. The molecule has 0 bridgehead atoms. The van der Waals surface area contributed by atoms with Crippen molar-refractivity contribution >= 4 is 0 Å². The quantitative estimate of drug-likeness (QED) is 0.835. The van der Waals surface area contributed by atoms with E-state index in [1.807, 2.05) is 0 Å². The summed E-state index contributed by atoms with van der Waals surface area (Å²) in [5, 5.41) is 10.9. The Balaban J connectivity index is 2.18. The molecule has 3 unspecified atom stereocenters. The van der Waals surface area contributed by atoms with Crippen LogP contribution in [0.15, 0.2) is 18.2 Å². The molecule has 0 spiro atoms. The first-order chi connectivity index (χ1) is 8.41. The van der Waals surface area contributed by atoms with Crippen LogP contribution in [0.3, 0.4) is 0 Å². The third-order valence-corrected chi connectivity index (χ3v) is 4.89. The van der Waals surface area contributed by atoms with Crippen LogP contribution in [0.4, 0.5) is 0 Å². The highest BCUT2D eigenvalue weighted by Gasteiger charge is 2.36. The van der Waals surface area contributed by atoms with Gasteiger partial charge in [-0.1, -0.05) is 32.0 Å². The summed E-state index contributed by atoms with van der Waals surface area (Å²) in [6.07, 6.45) is 3.87. The number of hydrogen-bond acceptors (Lipinski definition) is 1. The first kappa shape index (κ1) is 13.6. The summed E-state index contributed by atoms with van der Waals surface area (Å²) >= 11 is 0. The van der Waals surface area contributed by atoms with Gasteiger partial charge in [0.1, 0.15) is 0 Å². The third-order valence-electron chi connectivity index (χ3n) is 4.89. The first-order valence-electron chi connectivity index (χ1n) is 7.19. The van der Waals surface area contributed by atoms with Gasteiger partial charge in [0.15, 0.2) is 0 Å². The molecule has 2 rings (SSSR count). The molecule has 1 aromatic carbocycles. The Morgan fingerprint density at radius 3 is 2.33 bits per heavy atom. The molecule has 0 amide bonds. The van der Waals surface area contributed by atoms with Crippen LogP contribution >= 0.6 is 0 Å². The Morgan fingerprint density at radius 1 is 1.17 bits per heavy atom. The van der Waals surface area contributed by atoms with Crippen LogP contribution in [-0.2, 0) is 6.42 Å². The van der Waals surface area contributed by atoms with Crippen LogP contribution in [-0.4, -0.2) is 10.7 Å². The van der Waals surface area contributed by atoms with E-state index < -0.39 is 5.60 Å². The van der Waals surface area contributed by atoms with Crippen molar-refractivity contribution in [1.82, 2.24) is 0 Å². The molecule has 1 N–H and O–H groups in total. The van der Waals surface area contributed by atoms with Crippen LogP contribution in [0, 0.1) is 25.7 Å². The van der Waals surface area contributed by atoms with Gasteiger partial charge in [-0.3, -0.25) is 0 Å². The topological polar surface area (TPSA) is 20.2 Å². The Kier molecular flexibility index (Phi) is 3.82. The van der Waals surface area contributed by atoms with Gasteiger partial charge in [0, 0.05) is 6.42 Å². The predicted octanol–water partition coefficient (Wildman–Crippen LogP) is 4.03. The Morgan fingerprint density at radius 2 is 1.78 bits per heavy atom. The number of aliphatic hydroxyl groups is 1. The second kappa shape index (κ2) is 5.05. The van der Waals surface area contributed by atoms with Gasteiger partial charge in [-0.25, -0.2) is 0 Å². The van der Waals surface area contributed by atoms with E-state index in [-0.39, 0.29) is 0 Å². The lowest BCUT2D eigenvalue weighted by atomic mass is 9.70. The second-order valence-electron chi connectivity index (χ2n) is 6.47.